The van der Waals surface area contributed by atoms with E-state index in [0.29, 0.717) is 76.3 Å². The molecule has 3 aliphatic rings. The zero-order valence-electron chi connectivity index (χ0n) is 20.7. The predicted octanol–water partition coefficient (Wildman–Crippen LogP) is 7.44. The molecule has 5 rings (SSSR count). The van der Waals surface area contributed by atoms with Gasteiger partial charge >= 0.3 is 0 Å². The number of carbonyl (C=O) groups is 2. The number of hydrogen-bond acceptors (Lipinski definition) is 5. The fourth-order valence-corrected chi connectivity index (χ4v) is 5.88. The SMILES string of the molecule is C=CCc1cc(C2C3=C(CCCC3=O)OC3=C2C(=O)CCC3)cc(OC)c1OCc1ccc(Cl)cc1Cl. The number of allylic oxidation sites excluding steroid dienone is 5. The molecule has 37 heavy (non-hydrogen) atoms. The number of methoxy groups -OCH3 is 1. The van der Waals surface area contributed by atoms with Crippen LogP contribution < -0.4 is 9.47 Å². The average Bonchev–Trinajstić information content (AvgIpc) is 2.88. The first-order valence-corrected chi connectivity index (χ1v) is 13.3. The molecule has 0 aromatic heterocycles. The summed E-state index contributed by atoms with van der Waals surface area (Å²) < 4.78 is 18.2. The topological polar surface area (TPSA) is 61.8 Å². The van der Waals surface area contributed by atoms with E-state index in [1.165, 1.54) is 0 Å². The molecule has 0 fully saturated rings. The van der Waals surface area contributed by atoms with Crippen molar-refractivity contribution >= 4 is 34.8 Å². The molecular formula is C30H28Cl2O5. The van der Waals surface area contributed by atoms with E-state index >= 15 is 0 Å². The van der Waals surface area contributed by atoms with E-state index in [1.807, 2.05) is 18.2 Å². The van der Waals surface area contributed by atoms with Crippen molar-refractivity contribution in [3.05, 3.63) is 92.4 Å². The Balaban J connectivity index is 1.60. The van der Waals surface area contributed by atoms with E-state index in [-0.39, 0.29) is 18.2 Å². The summed E-state index contributed by atoms with van der Waals surface area (Å²) in [6, 6.07) is 9.14. The normalized spacial score (nSPS) is 17.8. The maximum atomic E-state index is 13.2. The average molecular weight is 539 g/mol. The number of rotatable bonds is 7. The van der Waals surface area contributed by atoms with Crippen LogP contribution in [0.25, 0.3) is 0 Å². The lowest BCUT2D eigenvalue weighted by atomic mass is 9.73. The number of halogens is 2. The van der Waals surface area contributed by atoms with Crippen LogP contribution in [-0.4, -0.2) is 18.7 Å². The highest BCUT2D eigenvalue weighted by atomic mass is 35.5. The number of hydrogen-bond donors (Lipinski definition) is 0. The Hall–Kier alpha value is -3.02. The second kappa shape index (κ2) is 10.8. The molecule has 1 heterocycles. The first-order valence-electron chi connectivity index (χ1n) is 12.5. The highest BCUT2D eigenvalue weighted by Crippen LogP contribution is 2.49. The van der Waals surface area contributed by atoms with Gasteiger partial charge in [-0.2, -0.15) is 0 Å². The van der Waals surface area contributed by atoms with Gasteiger partial charge in [0, 0.05) is 63.9 Å². The molecule has 2 aromatic rings. The molecule has 0 bridgehead atoms. The molecule has 0 unspecified atom stereocenters. The van der Waals surface area contributed by atoms with Crippen LogP contribution in [0, 0.1) is 0 Å². The lowest BCUT2D eigenvalue weighted by molar-refractivity contribution is -0.117. The van der Waals surface area contributed by atoms with Gasteiger partial charge in [-0.05, 0) is 43.0 Å². The van der Waals surface area contributed by atoms with E-state index in [1.54, 1.807) is 25.3 Å². The van der Waals surface area contributed by atoms with Crippen molar-refractivity contribution in [2.75, 3.05) is 7.11 Å². The van der Waals surface area contributed by atoms with Crippen LogP contribution in [0.5, 0.6) is 11.5 Å². The van der Waals surface area contributed by atoms with Gasteiger partial charge in [0.05, 0.1) is 7.11 Å². The molecular weight excluding hydrogens is 511 g/mol. The molecule has 7 heteroatoms. The van der Waals surface area contributed by atoms with Crippen LogP contribution in [0.3, 0.4) is 0 Å². The van der Waals surface area contributed by atoms with Gasteiger partial charge in [-0.15, -0.1) is 6.58 Å². The largest absolute Gasteiger partial charge is 0.493 e. The van der Waals surface area contributed by atoms with Crippen molar-refractivity contribution in [1.82, 2.24) is 0 Å². The Morgan fingerprint density at radius 3 is 2.24 bits per heavy atom. The van der Waals surface area contributed by atoms with Gasteiger partial charge < -0.3 is 14.2 Å². The fourth-order valence-electron chi connectivity index (χ4n) is 5.41. The Kier molecular flexibility index (Phi) is 7.45. The number of carbonyl (C=O) groups excluding carboxylic acids is 2. The minimum atomic E-state index is -0.475. The van der Waals surface area contributed by atoms with Gasteiger partial charge in [0.1, 0.15) is 18.1 Å². The lowest BCUT2D eigenvalue weighted by Gasteiger charge is -2.36. The summed E-state index contributed by atoms with van der Waals surface area (Å²) in [5.74, 6) is 2.10. The van der Waals surface area contributed by atoms with Crippen LogP contribution in [0.1, 0.15) is 61.1 Å². The molecule has 0 radical (unpaired) electrons. The Morgan fingerprint density at radius 1 is 0.973 bits per heavy atom. The third-order valence-electron chi connectivity index (χ3n) is 7.10. The fraction of sp³-hybridized carbons (Fsp3) is 0.333. The molecule has 0 saturated heterocycles. The number of ether oxygens (including phenoxy) is 3. The summed E-state index contributed by atoms with van der Waals surface area (Å²) in [4.78, 5) is 26.3. The summed E-state index contributed by atoms with van der Waals surface area (Å²) in [7, 11) is 1.58. The first kappa shape index (κ1) is 25.6. The van der Waals surface area contributed by atoms with Gasteiger partial charge in [-0.1, -0.05) is 41.4 Å². The summed E-state index contributed by atoms with van der Waals surface area (Å²) in [6.07, 6.45) is 6.11. The van der Waals surface area contributed by atoms with Crippen molar-refractivity contribution in [3.8, 4) is 11.5 Å². The Morgan fingerprint density at radius 2 is 1.65 bits per heavy atom. The minimum absolute atomic E-state index is 0.0399. The number of benzene rings is 2. The third kappa shape index (κ3) is 4.95. The highest BCUT2D eigenvalue weighted by molar-refractivity contribution is 6.35. The highest BCUT2D eigenvalue weighted by Gasteiger charge is 2.42. The summed E-state index contributed by atoms with van der Waals surface area (Å²) in [5.41, 5.74) is 3.66. The Labute approximate surface area is 226 Å². The van der Waals surface area contributed by atoms with Crippen molar-refractivity contribution < 1.29 is 23.8 Å². The second-order valence-corrected chi connectivity index (χ2v) is 10.3. The predicted molar refractivity (Wildman–Crippen MR) is 143 cm³/mol. The second-order valence-electron chi connectivity index (χ2n) is 9.49. The van der Waals surface area contributed by atoms with Crippen molar-refractivity contribution in [2.24, 2.45) is 0 Å². The summed E-state index contributed by atoms with van der Waals surface area (Å²) in [5, 5.41) is 1.07. The number of Topliss-reactive ketones (excluding diaryl/α,β-unsaturated/α-hetero) is 2. The van der Waals surface area contributed by atoms with Crippen molar-refractivity contribution in [1.29, 1.82) is 0 Å². The summed E-state index contributed by atoms with van der Waals surface area (Å²) in [6.45, 7) is 4.13. The van der Waals surface area contributed by atoms with E-state index in [9.17, 15) is 9.59 Å². The van der Waals surface area contributed by atoms with Crippen LogP contribution in [0.4, 0.5) is 0 Å². The van der Waals surface area contributed by atoms with Crippen LogP contribution in [-0.2, 0) is 27.4 Å². The monoisotopic (exact) mass is 538 g/mol. The van der Waals surface area contributed by atoms with Gasteiger partial charge in [-0.3, -0.25) is 9.59 Å². The number of ketones is 2. The maximum Gasteiger partial charge on any atom is 0.165 e. The molecule has 1 aliphatic heterocycles. The van der Waals surface area contributed by atoms with Gasteiger partial charge in [0.2, 0.25) is 0 Å². The molecule has 2 aromatic carbocycles. The standard InChI is InChI=1S/C30H28Cl2O5/c1-3-6-17-13-19(14-26(35-2)30(17)36-16-18-11-12-20(31)15-21(18)32)27-28-22(33)7-4-9-24(28)37-25-10-5-8-23(34)29(25)27/h3,11-15,27H,1,4-10,16H2,2H3. The van der Waals surface area contributed by atoms with Crippen molar-refractivity contribution in [3.63, 3.8) is 0 Å². The van der Waals surface area contributed by atoms with Gasteiger partial charge in [-0.25, -0.2) is 0 Å². The first-order chi connectivity index (χ1) is 17.9. The molecule has 0 N–H and O–H groups in total. The molecule has 0 amide bonds. The molecule has 0 spiro atoms. The molecule has 192 valence electrons. The minimum Gasteiger partial charge on any atom is -0.493 e. The van der Waals surface area contributed by atoms with Gasteiger partial charge in [0.25, 0.3) is 0 Å². The quantitative estimate of drug-likeness (QED) is 0.343. The molecule has 2 aliphatic carbocycles. The zero-order valence-corrected chi connectivity index (χ0v) is 22.2. The van der Waals surface area contributed by atoms with E-state index in [0.717, 1.165) is 29.5 Å². The molecule has 5 nitrogen and oxygen atoms in total. The maximum absolute atomic E-state index is 13.2. The zero-order chi connectivity index (χ0) is 26.1. The van der Waals surface area contributed by atoms with E-state index in [2.05, 4.69) is 6.58 Å². The van der Waals surface area contributed by atoms with Crippen LogP contribution >= 0.6 is 23.2 Å². The summed E-state index contributed by atoms with van der Waals surface area (Å²) >= 11 is 12.4. The van der Waals surface area contributed by atoms with Gasteiger partial charge in [0.15, 0.2) is 23.1 Å². The Bertz CT molecular complexity index is 1310. The van der Waals surface area contributed by atoms with Crippen LogP contribution in [0.2, 0.25) is 10.0 Å². The molecule has 0 atom stereocenters. The van der Waals surface area contributed by atoms with E-state index in [4.69, 9.17) is 37.4 Å². The lowest BCUT2D eigenvalue weighted by Crippen LogP contribution is -2.30. The third-order valence-corrected chi connectivity index (χ3v) is 7.69. The van der Waals surface area contributed by atoms with E-state index < -0.39 is 5.92 Å². The molecule has 0 saturated carbocycles. The van der Waals surface area contributed by atoms with Crippen molar-refractivity contribution in [2.45, 2.75) is 57.5 Å². The smallest absolute Gasteiger partial charge is 0.165 e. The van der Waals surface area contributed by atoms with Crippen LogP contribution in [0.15, 0.2) is 65.7 Å².